The molecule has 2 unspecified atom stereocenters. The maximum Gasteiger partial charge on any atom is 0.233 e. The van der Waals surface area contributed by atoms with E-state index in [0.717, 1.165) is 13.1 Å². The average molecular weight is 360 g/mol. The SMILES string of the molecule is C=CCn1c(SCC(=O)N2CC(C)CC(C)C2)nnc1-c1ccco1. The normalized spacial score (nSPS) is 20.6. The van der Waals surface area contributed by atoms with Crippen molar-refractivity contribution in [1.29, 1.82) is 0 Å². The third kappa shape index (κ3) is 4.15. The van der Waals surface area contributed by atoms with Crippen molar-refractivity contribution in [1.82, 2.24) is 19.7 Å². The highest BCUT2D eigenvalue weighted by molar-refractivity contribution is 7.99. The van der Waals surface area contributed by atoms with E-state index in [-0.39, 0.29) is 5.91 Å². The number of allylic oxidation sites excluding steroid dienone is 1. The van der Waals surface area contributed by atoms with E-state index in [9.17, 15) is 4.79 Å². The number of furan rings is 1. The Balaban J connectivity index is 1.68. The van der Waals surface area contributed by atoms with Crippen LogP contribution >= 0.6 is 11.8 Å². The fourth-order valence-corrected chi connectivity index (χ4v) is 4.21. The van der Waals surface area contributed by atoms with E-state index >= 15 is 0 Å². The first-order valence-corrected chi connectivity index (χ1v) is 9.55. The van der Waals surface area contributed by atoms with Gasteiger partial charge in [-0.3, -0.25) is 9.36 Å². The molecule has 1 aliphatic heterocycles. The molecule has 0 radical (unpaired) electrons. The van der Waals surface area contributed by atoms with Crippen molar-refractivity contribution < 1.29 is 9.21 Å². The zero-order valence-electron chi connectivity index (χ0n) is 14.7. The monoisotopic (exact) mass is 360 g/mol. The second-order valence-electron chi connectivity index (χ2n) is 6.72. The third-order valence-corrected chi connectivity index (χ3v) is 5.27. The van der Waals surface area contributed by atoms with Gasteiger partial charge in [0.25, 0.3) is 0 Å². The van der Waals surface area contributed by atoms with Crippen LogP contribution in [0.5, 0.6) is 0 Å². The van der Waals surface area contributed by atoms with E-state index in [0.29, 0.717) is 40.9 Å². The quantitative estimate of drug-likeness (QED) is 0.584. The molecule has 134 valence electrons. The fraction of sp³-hybridized carbons (Fsp3) is 0.500. The van der Waals surface area contributed by atoms with Gasteiger partial charge >= 0.3 is 0 Å². The molecule has 3 heterocycles. The number of likely N-dealkylation sites (tertiary alicyclic amines) is 1. The molecule has 0 N–H and O–H groups in total. The van der Waals surface area contributed by atoms with Crippen LogP contribution in [0.15, 0.2) is 40.6 Å². The second kappa shape index (κ2) is 7.91. The number of piperidine rings is 1. The van der Waals surface area contributed by atoms with Crippen LogP contribution in [0.4, 0.5) is 0 Å². The van der Waals surface area contributed by atoms with E-state index in [2.05, 4.69) is 30.6 Å². The smallest absolute Gasteiger partial charge is 0.233 e. The minimum atomic E-state index is 0.163. The minimum Gasteiger partial charge on any atom is -0.461 e. The molecule has 1 amide bonds. The lowest BCUT2D eigenvalue weighted by Gasteiger charge is -2.34. The number of hydrogen-bond donors (Lipinski definition) is 0. The van der Waals surface area contributed by atoms with Gasteiger partial charge in [-0.2, -0.15) is 0 Å². The van der Waals surface area contributed by atoms with Crippen molar-refractivity contribution in [2.45, 2.75) is 32.0 Å². The van der Waals surface area contributed by atoms with E-state index in [1.807, 2.05) is 21.6 Å². The molecule has 3 rings (SSSR count). The maximum atomic E-state index is 12.6. The Morgan fingerprint density at radius 2 is 2.16 bits per heavy atom. The standard InChI is InChI=1S/C18H24N4O2S/c1-4-7-22-17(15-6-5-8-24-15)19-20-18(22)25-12-16(23)21-10-13(2)9-14(3)11-21/h4-6,8,13-14H,1,7,9-12H2,2-3H3. The number of rotatable bonds is 6. The Bertz CT molecular complexity index is 716. The zero-order chi connectivity index (χ0) is 17.8. The van der Waals surface area contributed by atoms with E-state index < -0.39 is 0 Å². The predicted octanol–water partition coefficient (Wildman–Crippen LogP) is 3.32. The summed E-state index contributed by atoms with van der Waals surface area (Å²) in [5, 5.41) is 9.16. The Morgan fingerprint density at radius 1 is 1.40 bits per heavy atom. The molecule has 2 atom stereocenters. The summed E-state index contributed by atoms with van der Waals surface area (Å²) in [6, 6.07) is 3.66. The van der Waals surface area contributed by atoms with Gasteiger partial charge in [-0.05, 0) is 30.4 Å². The Morgan fingerprint density at radius 3 is 2.80 bits per heavy atom. The van der Waals surface area contributed by atoms with Gasteiger partial charge in [-0.15, -0.1) is 16.8 Å². The summed E-state index contributed by atoms with van der Waals surface area (Å²) >= 11 is 1.42. The first-order valence-electron chi connectivity index (χ1n) is 8.57. The topological polar surface area (TPSA) is 64.2 Å². The van der Waals surface area contributed by atoms with E-state index in [1.165, 1.54) is 18.2 Å². The average Bonchev–Trinajstić information content (AvgIpc) is 3.21. The van der Waals surface area contributed by atoms with Crippen LogP contribution in [-0.4, -0.2) is 44.4 Å². The first-order chi connectivity index (χ1) is 12.1. The summed E-state index contributed by atoms with van der Waals surface area (Å²) in [5.74, 6) is 2.97. The van der Waals surface area contributed by atoms with Gasteiger partial charge in [0.15, 0.2) is 10.9 Å². The molecule has 0 bridgehead atoms. The summed E-state index contributed by atoms with van der Waals surface area (Å²) in [6.07, 6.45) is 4.59. The number of thioether (sulfide) groups is 1. The van der Waals surface area contributed by atoms with Gasteiger partial charge in [0, 0.05) is 19.6 Å². The van der Waals surface area contributed by atoms with Gasteiger partial charge in [-0.25, -0.2) is 0 Å². The molecule has 1 saturated heterocycles. The van der Waals surface area contributed by atoms with Crippen LogP contribution in [0.2, 0.25) is 0 Å². The van der Waals surface area contributed by atoms with Crippen LogP contribution in [0.25, 0.3) is 11.6 Å². The lowest BCUT2D eigenvalue weighted by atomic mass is 9.92. The molecule has 2 aromatic heterocycles. The number of hydrogen-bond acceptors (Lipinski definition) is 5. The van der Waals surface area contributed by atoms with Crippen molar-refractivity contribution in [2.24, 2.45) is 11.8 Å². The zero-order valence-corrected chi connectivity index (χ0v) is 15.5. The number of carbonyl (C=O) groups excluding carboxylic acids is 1. The van der Waals surface area contributed by atoms with Crippen LogP contribution < -0.4 is 0 Å². The molecule has 25 heavy (non-hydrogen) atoms. The van der Waals surface area contributed by atoms with Crippen molar-refractivity contribution in [3.05, 3.63) is 31.1 Å². The molecular formula is C18H24N4O2S. The molecule has 1 aliphatic rings. The van der Waals surface area contributed by atoms with Crippen molar-refractivity contribution in [3.63, 3.8) is 0 Å². The highest BCUT2D eigenvalue weighted by Crippen LogP contribution is 2.26. The molecule has 0 spiro atoms. The summed E-state index contributed by atoms with van der Waals surface area (Å²) in [7, 11) is 0. The Labute approximate surface area is 152 Å². The minimum absolute atomic E-state index is 0.163. The highest BCUT2D eigenvalue weighted by Gasteiger charge is 2.26. The molecule has 0 aliphatic carbocycles. The summed E-state index contributed by atoms with van der Waals surface area (Å²) in [6.45, 7) is 10.5. The van der Waals surface area contributed by atoms with Gasteiger partial charge in [0.05, 0.1) is 12.0 Å². The largest absolute Gasteiger partial charge is 0.461 e. The lowest BCUT2D eigenvalue weighted by Crippen LogP contribution is -2.43. The third-order valence-electron chi connectivity index (χ3n) is 4.32. The van der Waals surface area contributed by atoms with Gasteiger partial charge in [0.1, 0.15) is 0 Å². The van der Waals surface area contributed by atoms with Crippen molar-refractivity contribution in [3.8, 4) is 11.6 Å². The van der Waals surface area contributed by atoms with Crippen LogP contribution in [0.1, 0.15) is 20.3 Å². The number of amides is 1. The second-order valence-corrected chi connectivity index (χ2v) is 7.66. The number of nitrogens with zero attached hydrogens (tertiary/aromatic N) is 4. The summed E-state index contributed by atoms with van der Waals surface area (Å²) in [5.41, 5.74) is 0. The van der Waals surface area contributed by atoms with Crippen molar-refractivity contribution in [2.75, 3.05) is 18.8 Å². The fourth-order valence-electron chi connectivity index (χ4n) is 3.36. The number of carbonyl (C=O) groups is 1. The molecule has 6 nitrogen and oxygen atoms in total. The Hall–Kier alpha value is -2.02. The molecule has 0 saturated carbocycles. The van der Waals surface area contributed by atoms with Crippen LogP contribution in [0.3, 0.4) is 0 Å². The van der Waals surface area contributed by atoms with E-state index in [4.69, 9.17) is 4.42 Å². The van der Waals surface area contributed by atoms with Crippen molar-refractivity contribution >= 4 is 17.7 Å². The number of aromatic nitrogens is 3. The lowest BCUT2D eigenvalue weighted by molar-refractivity contribution is -0.130. The van der Waals surface area contributed by atoms with Gasteiger partial charge in [0.2, 0.25) is 11.7 Å². The molecule has 7 heteroatoms. The molecule has 1 fully saturated rings. The van der Waals surface area contributed by atoms with Gasteiger partial charge < -0.3 is 9.32 Å². The molecule has 2 aromatic rings. The maximum absolute atomic E-state index is 12.6. The molecule has 0 aromatic carbocycles. The predicted molar refractivity (Wildman–Crippen MR) is 98.2 cm³/mol. The van der Waals surface area contributed by atoms with Gasteiger partial charge in [-0.1, -0.05) is 31.7 Å². The summed E-state index contributed by atoms with van der Waals surface area (Å²) in [4.78, 5) is 14.6. The Kier molecular flexibility index (Phi) is 5.63. The van der Waals surface area contributed by atoms with Crippen LogP contribution in [0, 0.1) is 11.8 Å². The molecular weight excluding hydrogens is 336 g/mol. The highest BCUT2D eigenvalue weighted by atomic mass is 32.2. The first kappa shape index (κ1) is 17.8. The summed E-state index contributed by atoms with van der Waals surface area (Å²) < 4.78 is 7.34. The van der Waals surface area contributed by atoms with Crippen LogP contribution in [-0.2, 0) is 11.3 Å². The van der Waals surface area contributed by atoms with E-state index in [1.54, 1.807) is 12.3 Å².